The molecule has 4 aliphatic carbocycles. The van der Waals surface area contributed by atoms with Gasteiger partial charge in [-0.25, -0.2) is 0 Å². The maximum atomic E-state index is 12.2. The number of fused-ring (bicyclic) bond motifs is 3. The highest BCUT2D eigenvalue weighted by Crippen LogP contribution is 2.72. The maximum Gasteiger partial charge on any atom is 0.309 e. The molecule has 4 heteroatoms. The van der Waals surface area contributed by atoms with E-state index < -0.39 is 11.4 Å². The van der Waals surface area contributed by atoms with Gasteiger partial charge in [0.25, 0.3) is 0 Å². The molecule has 0 amide bonds. The summed E-state index contributed by atoms with van der Waals surface area (Å²) in [5, 5.41) is 10.0. The third-order valence-corrected chi connectivity index (χ3v) is 8.95. The highest BCUT2D eigenvalue weighted by atomic mass is 16.5. The van der Waals surface area contributed by atoms with E-state index in [9.17, 15) is 14.7 Å². The van der Waals surface area contributed by atoms with Gasteiger partial charge < -0.3 is 9.84 Å². The zero-order valence-electron chi connectivity index (χ0n) is 16.3. The molecular formula is C22H32O4. The van der Waals surface area contributed by atoms with Crippen LogP contribution in [0.25, 0.3) is 0 Å². The number of esters is 1. The van der Waals surface area contributed by atoms with Crippen molar-refractivity contribution < 1.29 is 19.4 Å². The lowest BCUT2D eigenvalue weighted by atomic mass is 9.40. The number of carboxylic acid groups (broad SMARTS) is 1. The zero-order chi connectivity index (χ0) is 18.9. The summed E-state index contributed by atoms with van der Waals surface area (Å²) in [6.45, 7) is 10.1. The molecular weight excluding hydrogens is 328 g/mol. The lowest BCUT2D eigenvalue weighted by Crippen LogP contribution is -2.60. The van der Waals surface area contributed by atoms with E-state index in [0.29, 0.717) is 11.8 Å². The Bertz CT molecular complexity index is 669. The van der Waals surface area contributed by atoms with Gasteiger partial charge in [0.15, 0.2) is 0 Å². The summed E-state index contributed by atoms with van der Waals surface area (Å²) in [5.41, 5.74) is 0.477. The van der Waals surface area contributed by atoms with Crippen molar-refractivity contribution in [3.05, 3.63) is 12.2 Å². The summed E-state index contributed by atoms with van der Waals surface area (Å²) in [4.78, 5) is 24.0. The van der Waals surface area contributed by atoms with Crippen LogP contribution >= 0.6 is 0 Å². The third kappa shape index (κ3) is 2.13. The predicted molar refractivity (Wildman–Crippen MR) is 98.4 cm³/mol. The molecule has 0 heterocycles. The molecule has 4 rings (SSSR count). The summed E-state index contributed by atoms with van der Waals surface area (Å²) < 4.78 is 5.87. The average Bonchev–Trinajstić information content (AvgIpc) is 2.75. The Labute approximate surface area is 156 Å². The highest BCUT2D eigenvalue weighted by molar-refractivity contribution is 5.75. The second kappa shape index (κ2) is 5.59. The summed E-state index contributed by atoms with van der Waals surface area (Å²) in [6.07, 6.45) is 7.86. The van der Waals surface area contributed by atoms with E-state index in [1.807, 2.05) is 6.92 Å². The van der Waals surface area contributed by atoms with Crippen molar-refractivity contribution in [2.45, 2.75) is 78.2 Å². The van der Waals surface area contributed by atoms with Crippen LogP contribution in [-0.4, -0.2) is 23.1 Å². The first-order valence-electron chi connectivity index (χ1n) is 10.2. The zero-order valence-corrected chi connectivity index (χ0v) is 16.3. The molecule has 4 saturated carbocycles. The van der Waals surface area contributed by atoms with Crippen LogP contribution in [0.3, 0.4) is 0 Å². The fourth-order valence-corrected chi connectivity index (χ4v) is 7.95. The van der Waals surface area contributed by atoms with Gasteiger partial charge in [-0.3, -0.25) is 9.59 Å². The van der Waals surface area contributed by atoms with Gasteiger partial charge in [-0.15, -0.1) is 0 Å². The minimum Gasteiger partial charge on any atom is -0.481 e. The number of ether oxygens (including phenoxy) is 1. The predicted octanol–water partition coefficient (Wildman–Crippen LogP) is 4.58. The molecule has 4 fully saturated rings. The SMILES string of the molecule is C=C1C2CC[C@H]3C4(C)CCC[C@@](C)(C(=O)O)[C@H]4CCC3(C2)[C@@H]1OC(C)=O. The van der Waals surface area contributed by atoms with Crippen LogP contribution < -0.4 is 0 Å². The molecule has 1 spiro atoms. The van der Waals surface area contributed by atoms with Gasteiger partial charge in [0.1, 0.15) is 6.10 Å². The van der Waals surface area contributed by atoms with E-state index in [0.717, 1.165) is 56.9 Å². The van der Waals surface area contributed by atoms with E-state index >= 15 is 0 Å². The number of rotatable bonds is 2. The van der Waals surface area contributed by atoms with Crippen LogP contribution in [0.2, 0.25) is 0 Å². The van der Waals surface area contributed by atoms with Crippen molar-refractivity contribution in [2.24, 2.45) is 34.0 Å². The van der Waals surface area contributed by atoms with Crippen LogP contribution in [-0.2, 0) is 14.3 Å². The fourth-order valence-electron chi connectivity index (χ4n) is 7.95. The number of carboxylic acids is 1. The van der Waals surface area contributed by atoms with E-state index in [1.165, 1.54) is 6.92 Å². The molecule has 0 aliphatic heterocycles. The number of hydrogen-bond acceptors (Lipinski definition) is 3. The van der Waals surface area contributed by atoms with E-state index in [1.54, 1.807) is 0 Å². The monoisotopic (exact) mass is 360 g/mol. The van der Waals surface area contributed by atoms with Gasteiger partial charge >= 0.3 is 11.9 Å². The van der Waals surface area contributed by atoms with Gasteiger partial charge in [0, 0.05) is 12.3 Å². The minimum atomic E-state index is -0.634. The maximum absolute atomic E-state index is 12.2. The Morgan fingerprint density at radius 1 is 1.12 bits per heavy atom. The van der Waals surface area contributed by atoms with Crippen molar-refractivity contribution in [3.8, 4) is 0 Å². The molecule has 3 unspecified atom stereocenters. The lowest BCUT2D eigenvalue weighted by Gasteiger charge is -2.63. The van der Waals surface area contributed by atoms with Gasteiger partial charge in [0.05, 0.1) is 5.41 Å². The van der Waals surface area contributed by atoms with Crippen molar-refractivity contribution in [3.63, 3.8) is 0 Å². The molecule has 1 N–H and O–H groups in total. The number of carbonyl (C=O) groups excluding carboxylic acids is 1. The Kier molecular flexibility index (Phi) is 3.88. The molecule has 26 heavy (non-hydrogen) atoms. The Hall–Kier alpha value is -1.32. The quantitative estimate of drug-likeness (QED) is 0.578. The first kappa shape index (κ1) is 18.1. The second-order valence-corrected chi connectivity index (χ2v) is 10.0. The van der Waals surface area contributed by atoms with Gasteiger partial charge in [-0.05, 0) is 80.6 Å². The molecule has 2 bridgehead atoms. The van der Waals surface area contributed by atoms with Gasteiger partial charge in [-0.2, -0.15) is 0 Å². The lowest BCUT2D eigenvalue weighted by molar-refractivity contribution is -0.195. The highest BCUT2D eigenvalue weighted by Gasteiger charge is 2.68. The fraction of sp³-hybridized carbons (Fsp3) is 0.818. The number of carbonyl (C=O) groups is 2. The van der Waals surface area contributed by atoms with Crippen LogP contribution in [0.5, 0.6) is 0 Å². The van der Waals surface area contributed by atoms with Gasteiger partial charge in [-0.1, -0.05) is 19.9 Å². The first-order chi connectivity index (χ1) is 12.1. The van der Waals surface area contributed by atoms with Crippen LogP contribution in [0.1, 0.15) is 72.1 Å². The first-order valence-corrected chi connectivity index (χ1v) is 10.2. The molecule has 4 nitrogen and oxygen atoms in total. The molecule has 4 aliphatic rings. The summed E-state index contributed by atoms with van der Waals surface area (Å²) in [6, 6.07) is 0. The van der Waals surface area contributed by atoms with E-state index in [4.69, 9.17) is 4.74 Å². The van der Waals surface area contributed by atoms with Crippen LogP contribution in [0, 0.1) is 34.0 Å². The summed E-state index contributed by atoms with van der Waals surface area (Å²) in [7, 11) is 0. The van der Waals surface area contributed by atoms with Crippen molar-refractivity contribution in [2.75, 3.05) is 0 Å². The normalized spacial score (nSPS) is 49.9. The third-order valence-electron chi connectivity index (χ3n) is 8.95. The molecule has 144 valence electrons. The van der Waals surface area contributed by atoms with Crippen molar-refractivity contribution in [1.82, 2.24) is 0 Å². The number of aliphatic carboxylic acids is 1. The smallest absolute Gasteiger partial charge is 0.309 e. The van der Waals surface area contributed by atoms with Crippen molar-refractivity contribution >= 4 is 11.9 Å². The van der Waals surface area contributed by atoms with Crippen molar-refractivity contribution in [1.29, 1.82) is 0 Å². The van der Waals surface area contributed by atoms with Crippen LogP contribution in [0.15, 0.2) is 12.2 Å². The molecule has 0 aromatic carbocycles. The van der Waals surface area contributed by atoms with Crippen LogP contribution in [0.4, 0.5) is 0 Å². The minimum absolute atomic E-state index is 0.0115. The largest absolute Gasteiger partial charge is 0.481 e. The van der Waals surface area contributed by atoms with Gasteiger partial charge in [0.2, 0.25) is 0 Å². The second-order valence-electron chi connectivity index (χ2n) is 10.0. The summed E-state index contributed by atoms with van der Waals surface area (Å²) in [5.74, 6) is 0.242. The standard InChI is InChI=1S/C22H32O4/c1-13-15-6-7-17-20(3)9-5-10-21(4,19(24)25)16(20)8-11-22(17,12-15)18(13)26-14(2)23/h15-18H,1,5-12H2,2-4H3,(H,24,25)/t15?,16-,17-,18+,20?,21+,22?/m0/s1. The number of hydrogen-bond donors (Lipinski definition) is 1. The average molecular weight is 360 g/mol. The molecule has 0 saturated heterocycles. The molecule has 7 atom stereocenters. The summed E-state index contributed by atoms with van der Waals surface area (Å²) >= 11 is 0. The Morgan fingerprint density at radius 3 is 2.50 bits per heavy atom. The van der Waals surface area contributed by atoms with E-state index in [2.05, 4.69) is 13.5 Å². The molecule has 0 aromatic heterocycles. The molecule has 0 aromatic rings. The van der Waals surface area contributed by atoms with E-state index in [-0.39, 0.29) is 28.8 Å². The molecule has 0 radical (unpaired) electrons. The Morgan fingerprint density at radius 2 is 1.85 bits per heavy atom. The topological polar surface area (TPSA) is 63.6 Å². The Balaban J connectivity index is 1.77.